The molecule has 0 unspecified atom stereocenters. The van der Waals surface area contributed by atoms with Crippen LogP contribution in [0.15, 0.2) is 133 Å². The predicted octanol–water partition coefficient (Wildman–Crippen LogP) is 11.3. The quantitative estimate of drug-likeness (QED) is 0.192. The van der Waals surface area contributed by atoms with Gasteiger partial charge in [-0.2, -0.15) is 0 Å². The van der Waals surface area contributed by atoms with E-state index in [1.165, 1.54) is 83.9 Å². The van der Waals surface area contributed by atoms with Gasteiger partial charge in [0, 0.05) is 61.6 Å². The number of aryl methyl sites for hydroxylation is 1. The Morgan fingerprint density at radius 3 is 1.83 bits per heavy atom. The number of hydrogen-bond donors (Lipinski definition) is 0. The molecule has 10 rings (SSSR count). The highest BCUT2D eigenvalue weighted by Gasteiger charge is 2.38. The molecule has 5 aromatic carbocycles. The van der Waals surface area contributed by atoms with E-state index >= 15 is 0 Å². The first-order valence-corrected chi connectivity index (χ1v) is 17.3. The Morgan fingerprint density at radius 2 is 1.15 bits per heavy atom. The third-order valence-corrected chi connectivity index (χ3v) is 11.1. The van der Waals surface area contributed by atoms with Crippen molar-refractivity contribution >= 4 is 45.3 Å². The average molecular weight is 620 g/mol. The summed E-state index contributed by atoms with van der Waals surface area (Å²) in [6, 6.07) is 44.8. The number of nitrogens with zero attached hydrogens (tertiary/aromatic N) is 3. The van der Waals surface area contributed by atoms with E-state index in [4.69, 9.17) is 0 Å². The van der Waals surface area contributed by atoms with Crippen LogP contribution >= 0.6 is 0 Å². The second-order valence-electron chi connectivity index (χ2n) is 14.0. The second kappa shape index (κ2) is 10.2. The number of aromatic nitrogens is 2. The summed E-state index contributed by atoms with van der Waals surface area (Å²) in [6.07, 6.45) is 11.3. The molecule has 3 heteroatoms. The summed E-state index contributed by atoms with van der Waals surface area (Å²) in [5, 5.41) is 2.68. The maximum atomic E-state index is 2.58. The zero-order chi connectivity index (χ0) is 32.0. The first-order valence-electron chi connectivity index (χ1n) is 17.3. The number of para-hydroxylation sites is 4. The smallest absolute Gasteiger partial charge is 0.0786 e. The van der Waals surface area contributed by atoms with Gasteiger partial charge in [-0.15, -0.1) is 0 Å². The topological polar surface area (TPSA) is 13.1 Å². The van der Waals surface area contributed by atoms with E-state index in [9.17, 15) is 0 Å². The molecule has 0 bridgehead atoms. The van der Waals surface area contributed by atoms with Crippen LogP contribution in [-0.4, -0.2) is 9.13 Å². The summed E-state index contributed by atoms with van der Waals surface area (Å²) in [5.74, 6) is 0. The molecule has 2 aliphatic carbocycles. The van der Waals surface area contributed by atoms with Crippen LogP contribution in [0.1, 0.15) is 60.3 Å². The normalized spacial score (nSPS) is 16.0. The van der Waals surface area contributed by atoms with Crippen molar-refractivity contribution < 1.29 is 0 Å². The van der Waals surface area contributed by atoms with Crippen LogP contribution in [0.25, 0.3) is 45.3 Å². The third-order valence-electron chi connectivity index (χ3n) is 11.1. The summed E-state index contributed by atoms with van der Waals surface area (Å²) in [4.78, 5) is 2.55. The zero-order valence-electron chi connectivity index (χ0n) is 27.4. The van der Waals surface area contributed by atoms with Crippen molar-refractivity contribution in [1.29, 1.82) is 0 Å². The first kappa shape index (κ1) is 27.6. The lowest BCUT2D eigenvalue weighted by atomic mass is 9.73. The molecule has 3 heterocycles. The second-order valence-corrected chi connectivity index (χ2v) is 14.0. The molecule has 1 aliphatic heterocycles. The molecule has 0 saturated carbocycles. The van der Waals surface area contributed by atoms with Crippen LogP contribution in [-0.2, 0) is 18.3 Å². The van der Waals surface area contributed by atoms with E-state index in [-0.39, 0.29) is 5.41 Å². The maximum Gasteiger partial charge on any atom is 0.0786 e. The molecule has 0 spiro atoms. The molecule has 2 aromatic heterocycles. The SMILES string of the molecule is CC1(C)c2ccccc2N(C2=Cc3c(n(-c4ccccc4)c4c3ccc3c5c(n(-c6ccccc6)c34)C=CCC5)CC2)c2ccccc21. The van der Waals surface area contributed by atoms with Crippen LogP contribution < -0.4 is 4.90 Å². The van der Waals surface area contributed by atoms with Crippen LogP contribution in [0.4, 0.5) is 11.4 Å². The Bertz CT molecular complexity index is 2420. The summed E-state index contributed by atoms with van der Waals surface area (Å²) in [5.41, 5.74) is 17.2. The number of fused-ring (bicyclic) bond motifs is 9. The molecule has 0 N–H and O–H groups in total. The fourth-order valence-corrected chi connectivity index (χ4v) is 8.91. The lowest BCUT2D eigenvalue weighted by Gasteiger charge is -2.43. The van der Waals surface area contributed by atoms with Crippen LogP contribution in [0.2, 0.25) is 0 Å². The van der Waals surface area contributed by atoms with E-state index in [0.29, 0.717) is 0 Å². The van der Waals surface area contributed by atoms with Gasteiger partial charge in [-0.3, -0.25) is 0 Å². The minimum Gasteiger partial charge on any atom is -0.314 e. The van der Waals surface area contributed by atoms with Crippen LogP contribution in [0.3, 0.4) is 0 Å². The monoisotopic (exact) mass is 619 g/mol. The Labute approximate surface area is 281 Å². The average Bonchev–Trinajstić information content (AvgIpc) is 3.65. The van der Waals surface area contributed by atoms with Crippen molar-refractivity contribution in [1.82, 2.24) is 9.13 Å². The molecule has 0 atom stereocenters. The Hall–Kier alpha value is -5.54. The Balaban J connectivity index is 1.29. The third kappa shape index (κ3) is 3.76. The van der Waals surface area contributed by atoms with E-state index in [2.05, 4.69) is 167 Å². The number of anilines is 2. The molecule has 48 heavy (non-hydrogen) atoms. The van der Waals surface area contributed by atoms with Gasteiger partial charge >= 0.3 is 0 Å². The standard InChI is InChI=1S/C45H37N3/c1-45(2)37-20-10-13-23-41(37)46(42-24-14-11-21-38(42)45)32-25-28-40-36(29-32)35-27-26-34-33-19-9-12-22-39(33)47(30-15-5-3-6-16-30)43(34)44(35)48(40)31-17-7-4-8-18-31/h3-8,10-18,20-24,26-27,29H,9,19,25,28H2,1-2H3. The molecular weight excluding hydrogens is 583 g/mol. The fraction of sp³-hybridized carbons (Fsp3) is 0.156. The zero-order valence-corrected chi connectivity index (χ0v) is 27.4. The molecule has 232 valence electrons. The van der Waals surface area contributed by atoms with Gasteiger partial charge in [0.1, 0.15) is 0 Å². The van der Waals surface area contributed by atoms with Gasteiger partial charge in [0.05, 0.1) is 11.0 Å². The first-order chi connectivity index (χ1) is 23.6. The van der Waals surface area contributed by atoms with Crippen molar-refractivity contribution in [3.8, 4) is 11.4 Å². The van der Waals surface area contributed by atoms with E-state index in [0.717, 1.165) is 25.7 Å². The van der Waals surface area contributed by atoms with Crippen molar-refractivity contribution in [2.45, 2.75) is 44.9 Å². The highest BCUT2D eigenvalue weighted by Crippen LogP contribution is 2.52. The number of rotatable bonds is 3. The summed E-state index contributed by atoms with van der Waals surface area (Å²) < 4.78 is 5.10. The van der Waals surface area contributed by atoms with Gasteiger partial charge in [-0.05, 0) is 90.9 Å². The summed E-state index contributed by atoms with van der Waals surface area (Å²) >= 11 is 0. The van der Waals surface area contributed by atoms with Crippen molar-refractivity contribution in [3.63, 3.8) is 0 Å². The molecule has 0 fully saturated rings. The lowest BCUT2D eigenvalue weighted by molar-refractivity contribution is 0.628. The maximum absolute atomic E-state index is 2.58. The van der Waals surface area contributed by atoms with Crippen LogP contribution in [0.5, 0.6) is 0 Å². The van der Waals surface area contributed by atoms with E-state index < -0.39 is 0 Å². The molecule has 3 aliphatic rings. The van der Waals surface area contributed by atoms with Crippen molar-refractivity contribution in [2.24, 2.45) is 0 Å². The predicted molar refractivity (Wildman–Crippen MR) is 201 cm³/mol. The van der Waals surface area contributed by atoms with Gasteiger partial charge in [0.15, 0.2) is 0 Å². The highest BCUT2D eigenvalue weighted by molar-refractivity contribution is 6.12. The molecule has 0 amide bonds. The van der Waals surface area contributed by atoms with Crippen LogP contribution in [0, 0.1) is 0 Å². The molecular formula is C45H37N3. The Kier molecular flexibility index (Phi) is 5.87. The molecule has 0 radical (unpaired) electrons. The van der Waals surface area contributed by atoms with E-state index in [1.807, 2.05) is 0 Å². The summed E-state index contributed by atoms with van der Waals surface area (Å²) in [7, 11) is 0. The van der Waals surface area contributed by atoms with Gasteiger partial charge in [-0.25, -0.2) is 0 Å². The molecule has 7 aromatic rings. The fourth-order valence-electron chi connectivity index (χ4n) is 8.91. The molecule has 0 saturated heterocycles. The van der Waals surface area contributed by atoms with Crippen molar-refractivity contribution in [2.75, 3.05) is 4.90 Å². The molecule has 3 nitrogen and oxygen atoms in total. The van der Waals surface area contributed by atoms with Gasteiger partial charge in [-0.1, -0.05) is 105 Å². The largest absolute Gasteiger partial charge is 0.314 e. The van der Waals surface area contributed by atoms with Crippen molar-refractivity contribution in [3.05, 3.63) is 167 Å². The van der Waals surface area contributed by atoms with Gasteiger partial charge < -0.3 is 14.0 Å². The minimum atomic E-state index is -0.0740. The number of hydrogen-bond acceptors (Lipinski definition) is 1. The number of benzene rings is 5. The minimum absolute atomic E-state index is 0.0740. The van der Waals surface area contributed by atoms with Gasteiger partial charge in [0.25, 0.3) is 0 Å². The van der Waals surface area contributed by atoms with Gasteiger partial charge in [0.2, 0.25) is 0 Å². The lowest BCUT2D eigenvalue weighted by Crippen LogP contribution is -2.33. The Morgan fingerprint density at radius 1 is 0.562 bits per heavy atom. The number of allylic oxidation sites excluding steroid dienone is 2. The summed E-state index contributed by atoms with van der Waals surface area (Å²) in [6.45, 7) is 4.73. The highest BCUT2D eigenvalue weighted by atomic mass is 15.2. The van der Waals surface area contributed by atoms with E-state index in [1.54, 1.807) is 0 Å².